The number of imidazole rings is 1. The van der Waals surface area contributed by atoms with Gasteiger partial charge in [0.1, 0.15) is 24.3 Å². The van der Waals surface area contributed by atoms with E-state index in [9.17, 15) is 28.9 Å². The molecule has 2 aliphatic heterocycles. The Morgan fingerprint density at radius 1 is 1.17 bits per heavy atom. The number of aliphatic hydroxyl groups is 1. The number of amidine groups is 1. The van der Waals surface area contributed by atoms with Crippen molar-refractivity contribution in [2.24, 2.45) is 10.9 Å². The van der Waals surface area contributed by atoms with Gasteiger partial charge in [0.2, 0.25) is 0 Å². The number of methoxy groups -OCH3 is 1. The van der Waals surface area contributed by atoms with Crippen LogP contribution in [0.1, 0.15) is 44.0 Å². The molecule has 46 heavy (non-hydrogen) atoms. The molecule has 254 valence electrons. The minimum atomic E-state index is -10.3. The number of aromatic nitrogens is 2. The fourth-order valence-electron chi connectivity index (χ4n) is 4.78. The second-order valence-electron chi connectivity index (χ2n) is 10.3. The number of aliphatic hydroxyl groups excluding tert-OH is 1. The van der Waals surface area contributed by atoms with E-state index in [4.69, 9.17) is 15.3 Å². The lowest BCUT2D eigenvalue weighted by Crippen LogP contribution is -2.55. The first kappa shape index (κ1) is 36.3. The summed E-state index contributed by atoms with van der Waals surface area (Å²) >= 11 is 0. The van der Waals surface area contributed by atoms with E-state index in [1.54, 1.807) is 42.2 Å². The van der Waals surface area contributed by atoms with Gasteiger partial charge in [-0.05, 0) is 67.6 Å². The van der Waals surface area contributed by atoms with Crippen LogP contribution in [0.15, 0.2) is 78.0 Å². The van der Waals surface area contributed by atoms with E-state index in [1.165, 1.54) is 25.3 Å². The molecular formula is C30H37F6N5O4S. The minimum absolute atomic E-state index is 0.00802. The summed E-state index contributed by atoms with van der Waals surface area (Å²) in [5, 5.41) is 14.3. The number of piperidine rings is 1. The SMILES string of the molecule is C=C(C)N.CC.COc1cc(/C=C2\CC(OS(F)(F)(F)(F)F)CN3C2=NOC3(CO)c2ccc(F)cc2)ccc1-n1cnc(C)c1. The van der Waals surface area contributed by atoms with Crippen LogP contribution in [-0.2, 0) is 14.7 Å². The Hall–Kier alpha value is -4.15. The van der Waals surface area contributed by atoms with Crippen molar-refractivity contribution < 1.29 is 42.7 Å². The fraction of sp³-hybridized carbons (Fsp3) is 0.333. The van der Waals surface area contributed by atoms with Crippen molar-refractivity contribution in [2.45, 2.75) is 45.9 Å². The number of benzene rings is 2. The van der Waals surface area contributed by atoms with Crippen molar-refractivity contribution in [1.82, 2.24) is 14.5 Å². The third kappa shape index (κ3) is 8.98. The van der Waals surface area contributed by atoms with Gasteiger partial charge in [0, 0.05) is 23.8 Å². The molecule has 1 aromatic heterocycles. The van der Waals surface area contributed by atoms with Gasteiger partial charge in [0.15, 0.2) is 5.84 Å². The van der Waals surface area contributed by atoms with Crippen LogP contribution in [0.4, 0.5) is 23.8 Å². The fourth-order valence-corrected chi connectivity index (χ4v) is 5.42. The molecular weight excluding hydrogens is 640 g/mol. The second-order valence-corrected chi connectivity index (χ2v) is 12.2. The summed E-state index contributed by atoms with van der Waals surface area (Å²) < 4.78 is 91.4. The molecule has 0 bridgehead atoms. The molecule has 3 N–H and O–H groups in total. The second kappa shape index (κ2) is 12.9. The van der Waals surface area contributed by atoms with Crippen molar-refractivity contribution in [1.29, 1.82) is 0 Å². The van der Waals surface area contributed by atoms with E-state index in [0.717, 1.165) is 22.7 Å². The van der Waals surface area contributed by atoms with E-state index >= 15 is 0 Å². The van der Waals surface area contributed by atoms with Gasteiger partial charge in [-0.1, -0.05) is 51.1 Å². The first-order valence-corrected chi connectivity index (χ1v) is 15.9. The molecule has 9 nitrogen and oxygen atoms in total. The number of hydrogen-bond acceptors (Lipinski definition) is 8. The third-order valence-electron chi connectivity index (χ3n) is 6.46. The molecule has 1 saturated heterocycles. The van der Waals surface area contributed by atoms with E-state index in [2.05, 4.69) is 20.9 Å². The maximum absolute atomic E-state index is 13.6. The van der Waals surface area contributed by atoms with Crippen LogP contribution < -0.4 is 10.5 Å². The molecule has 3 heterocycles. The molecule has 0 amide bonds. The number of hydrogen-bond donors (Lipinski definition) is 2. The number of rotatable bonds is 7. The summed E-state index contributed by atoms with van der Waals surface area (Å²) in [4.78, 5) is 10.8. The highest BCUT2D eigenvalue weighted by Crippen LogP contribution is 2.99. The number of nitrogens with two attached hydrogens (primary N) is 1. The zero-order chi connectivity index (χ0) is 34.6. The van der Waals surface area contributed by atoms with E-state index in [0.29, 0.717) is 22.7 Å². The Balaban J connectivity index is 0.000000891. The van der Waals surface area contributed by atoms with Crippen LogP contribution in [-0.4, -0.2) is 51.8 Å². The van der Waals surface area contributed by atoms with Crippen LogP contribution in [0.5, 0.6) is 5.75 Å². The van der Waals surface area contributed by atoms with Gasteiger partial charge in [-0.25, -0.2) is 13.6 Å². The topological polar surface area (TPSA) is 107 Å². The Morgan fingerprint density at radius 3 is 2.33 bits per heavy atom. The summed E-state index contributed by atoms with van der Waals surface area (Å²) in [5.74, 6) is -0.200. The largest absolute Gasteiger partial charge is 0.495 e. The predicted octanol–water partition coefficient (Wildman–Crippen LogP) is 7.71. The van der Waals surface area contributed by atoms with E-state index < -0.39 is 47.7 Å². The van der Waals surface area contributed by atoms with Gasteiger partial charge >= 0.3 is 10.5 Å². The molecule has 2 aromatic carbocycles. The molecule has 3 aromatic rings. The maximum atomic E-state index is 13.6. The Morgan fingerprint density at radius 2 is 1.80 bits per heavy atom. The lowest BCUT2D eigenvalue weighted by Gasteiger charge is -2.46. The summed E-state index contributed by atoms with van der Waals surface area (Å²) in [6, 6.07) is 9.58. The number of aryl methyl sites for hydroxylation is 1. The number of fused-ring (bicyclic) bond motifs is 1. The first-order valence-electron chi connectivity index (χ1n) is 14.0. The van der Waals surface area contributed by atoms with Crippen molar-refractivity contribution in [3.63, 3.8) is 0 Å². The molecule has 2 aliphatic rings. The minimum Gasteiger partial charge on any atom is -0.495 e. The molecule has 1 fully saturated rings. The standard InChI is InChI=1S/C25H24F6N4O4S.C3H7N.C2H6/c1-16-12-34(15-32-16)22-8-3-17(10-23(22)37-2)9-18-11-21(38-40(27,28,29,30)31)13-35-24(18)33-39-25(35,14-36)19-4-6-20(26)7-5-19;1-3(2)4;1-2/h3-10,12,15,21,36H,11,13-14H2,1-2H3;1,4H2,2H3;1-2H3/b18-9+;;. The highest BCUT2D eigenvalue weighted by molar-refractivity contribution is 8.42. The third-order valence-corrected chi connectivity index (χ3v) is 7.09. The van der Waals surface area contributed by atoms with Crippen molar-refractivity contribution in [2.75, 3.05) is 20.3 Å². The zero-order valence-electron chi connectivity index (χ0n) is 25.9. The molecule has 0 aliphatic carbocycles. The van der Waals surface area contributed by atoms with Crippen LogP contribution in [0.25, 0.3) is 11.8 Å². The van der Waals surface area contributed by atoms with Gasteiger partial charge in [-0.15, -0.1) is 0 Å². The van der Waals surface area contributed by atoms with Crippen LogP contribution in [0.2, 0.25) is 0 Å². The number of halogens is 6. The molecule has 0 saturated carbocycles. The highest BCUT2D eigenvalue weighted by Gasteiger charge is 2.68. The van der Waals surface area contributed by atoms with Crippen LogP contribution in [0, 0.1) is 12.7 Å². The number of oxime groups is 1. The lowest BCUT2D eigenvalue weighted by molar-refractivity contribution is -0.144. The summed E-state index contributed by atoms with van der Waals surface area (Å²) in [5.41, 5.74) is 5.75. The highest BCUT2D eigenvalue weighted by atomic mass is 32.5. The van der Waals surface area contributed by atoms with Crippen LogP contribution >= 0.6 is 10.5 Å². The van der Waals surface area contributed by atoms with E-state index in [1.807, 2.05) is 20.8 Å². The molecule has 16 heteroatoms. The van der Waals surface area contributed by atoms with Gasteiger partial charge in [-0.2, -0.15) is 0 Å². The Kier molecular flexibility index (Phi) is 10.2. The number of allylic oxidation sites excluding steroid dienone is 1. The first-order chi connectivity index (χ1) is 21.3. The quantitative estimate of drug-likeness (QED) is 0.247. The monoisotopic (exact) mass is 677 g/mol. The summed E-state index contributed by atoms with van der Waals surface area (Å²) in [6.07, 6.45) is 2.12. The van der Waals surface area contributed by atoms with E-state index in [-0.39, 0.29) is 17.0 Å². The molecule has 2 unspecified atom stereocenters. The predicted molar refractivity (Wildman–Crippen MR) is 166 cm³/mol. The molecule has 5 rings (SSSR count). The van der Waals surface area contributed by atoms with Crippen molar-refractivity contribution in [3.05, 3.63) is 95.5 Å². The van der Waals surface area contributed by atoms with Crippen LogP contribution in [0.3, 0.4) is 0 Å². The van der Waals surface area contributed by atoms with Gasteiger partial charge in [-0.3, -0.25) is 0 Å². The number of ether oxygens (including phenoxy) is 1. The number of nitrogens with zero attached hydrogens (tertiary/aromatic N) is 4. The normalized spacial score (nSPS) is 21.3. The maximum Gasteiger partial charge on any atom is 0.397 e. The Bertz CT molecular complexity index is 1610. The average Bonchev–Trinajstić information content (AvgIpc) is 3.56. The summed E-state index contributed by atoms with van der Waals surface area (Å²) in [7, 11) is -8.87. The van der Waals surface area contributed by atoms with Gasteiger partial charge in [0.25, 0.3) is 5.72 Å². The van der Waals surface area contributed by atoms with Crippen molar-refractivity contribution in [3.8, 4) is 11.4 Å². The lowest BCUT2D eigenvalue weighted by atomic mass is 9.93. The zero-order valence-corrected chi connectivity index (χ0v) is 26.7. The van der Waals surface area contributed by atoms with Gasteiger partial charge in [0.05, 0.1) is 31.4 Å². The van der Waals surface area contributed by atoms with Gasteiger partial charge < -0.3 is 29.9 Å². The Labute approximate surface area is 263 Å². The smallest absolute Gasteiger partial charge is 0.397 e. The molecule has 0 radical (unpaired) electrons. The molecule has 2 atom stereocenters. The van der Waals surface area contributed by atoms with Crippen molar-refractivity contribution >= 4 is 22.4 Å². The molecule has 0 spiro atoms. The average molecular weight is 678 g/mol. The summed E-state index contributed by atoms with van der Waals surface area (Å²) in [6.45, 7) is 9.31.